The van der Waals surface area contributed by atoms with E-state index in [-0.39, 0.29) is 17.2 Å². The summed E-state index contributed by atoms with van der Waals surface area (Å²) in [7, 11) is 0. The van der Waals surface area contributed by atoms with Crippen molar-refractivity contribution < 1.29 is 9.47 Å². The molecule has 0 aliphatic carbocycles. The van der Waals surface area contributed by atoms with E-state index < -0.39 is 0 Å². The van der Waals surface area contributed by atoms with Gasteiger partial charge in [0.1, 0.15) is 0 Å². The molecule has 0 aromatic heterocycles. The van der Waals surface area contributed by atoms with Crippen LogP contribution in [0.15, 0.2) is 0 Å². The highest BCUT2D eigenvalue weighted by atomic mass is 16.5. The van der Waals surface area contributed by atoms with E-state index in [0.29, 0.717) is 13.2 Å². The SMILES string of the molecule is CCC(N)(CC)COCC1CCC(C)(C)O1. The van der Waals surface area contributed by atoms with Crippen molar-refractivity contribution >= 4 is 0 Å². The van der Waals surface area contributed by atoms with Gasteiger partial charge in [0.2, 0.25) is 0 Å². The largest absolute Gasteiger partial charge is 0.377 e. The van der Waals surface area contributed by atoms with Crippen molar-refractivity contribution in [1.82, 2.24) is 0 Å². The molecule has 0 amide bonds. The van der Waals surface area contributed by atoms with Gasteiger partial charge in [0.15, 0.2) is 0 Å². The first-order valence-electron chi connectivity index (χ1n) is 6.45. The monoisotopic (exact) mass is 229 g/mol. The smallest absolute Gasteiger partial charge is 0.0816 e. The van der Waals surface area contributed by atoms with Crippen LogP contribution in [-0.4, -0.2) is 30.5 Å². The zero-order chi connectivity index (χ0) is 12.2. The topological polar surface area (TPSA) is 44.5 Å². The van der Waals surface area contributed by atoms with Crippen molar-refractivity contribution in [2.24, 2.45) is 5.73 Å². The molecule has 0 spiro atoms. The molecule has 1 heterocycles. The van der Waals surface area contributed by atoms with Crippen LogP contribution in [0.1, 0.15) is 53.4 Å². The second kappa shape index (κ2) is 5.48. The van der Waals surface area contributed by atoms with Gasteiger partial charge in [-0.05, 0) is 39.5 Å². The molecular weight excluding hydrogens is 202 g/mol. The molecule has 1 unspecified atom stereocenters. The molecule has 3 nitrogen and oxygen atoms in total. The molecule has 16 heavy (non-hydrogen) atoms. The maximum atomic E-state index is 6.17. The molecule has 1 aliphatic heterocycles. The zero-order valence-corrected chi connectivity index (χ0v) is 11.2. The quantitative estimate of drug-likeness (QED) is 0.761. The minimum absolute atomic E-state index is 0.0311. The Hall–Kier alpha value is -0.120. The summed E-state index contributed by atoms with van der Waals surface area (Å²) in [5.74, 6) is 0. The summed E-state index contributed by atoms with van der Waals surface area (Å²) < 4.78 is 11.6. The number of hydrogen-bond acceptors (Lipinski definition) is 3. The predicted octanol–water partition coefficient (Wildman–Crippen LogP) is 2.48. The molecule has 1 aliphatic rings. The lowest BCUT2D eigenvalue weighted by atomic mass is 9.96. The summed E-state index contributed by atoms with van der Waals surface area (Å²) in [6.45, 7) is 9.82. The zero-order valence-electron chi connectivity index (χ0n) is 11.2. The van der Waals surface area contributed by atoms with Gasteiger partial charge in [-0.25, -0.2) is 0 Å². The van der Waals surface area contributed by atoms with Crippen molar-refractivity contribution in [3.63, 3.8) is 0 Å². The van der Waals surface area contributed by atoms with Gasteiger partial charge in [0.05, 0.1) is 24.9 Å². The molecule has 1 rings (SSSR count). The molecule has 0 bridgehead atoms. The van der Waals surface area contributed by atoms with Gasteiger partial charge in [-0.2, -0.15) is 0 Å². The average Bonchev–Trinajstić information content (AvgIpc) is 2.58. The fourth-order valence-corrected chi connectivity index (χ4v) is 2.04. The second-order valence-electron chi connectivity index (χ2n) is 5.62. The maximum absolute atomic E-state index is 6.17. The Morgan fingerprint density at radius 2 is 2.00 bits per heavy atom. The molecule has 2 N–H and O–H groups in total. The standard InChI is InChI=1S/C13H27NO2/c1-5-13(14,6-2)10-15-9-11-7-8-12(3,4)16-11/h11H,5-10,14H2,1-4H3. The Balaban J connectivity index is 2.21. The Labute approximate surface area is 99.7 Å². The van der Waals surface area contributed by atoms with Crippen LogP contribution in [0.4, 0.5) is 0 Å². The average molecular weight is 229 g/mol. The normalized spacial score (nSPS) is 24.9. The van der Waals surface area contributed by atoms with Crippen molar-refractivity contribution in [1.29, 1.82) is 0 Å². The minimum atomic E-state index is -0.159. The van der Waals surface area contributed by atoms with E-state index in [0.717, 1.165) is 25.7 Å². The van der Waals surface area contributed by atoms with Crippen LogP contribution in [-0.2, 0) is 9.47 Å². The number of ether oxygens (including phenoxy) is 2. The summed E-state index contributed by atoms with van der Waals surface area (Å²) in [5.41, 5.74) is 6.04. The second-order valence-corrected chi connectivity index (χ2v) is 5.62. The highest BCUT2D eigenvalue weighted by Crippen LogP contribution is 2.29. The van der Waals surface area contributed by atoms with E-state index in [9.17, 15) is 0 Å². The molecular formula is C13H27NO2. The summed E-state index contributed by atoms with van der Waals surface area (Å²) in [5, 5.41) is 0. The van der Waals surface area contributed by atoms with Crippen molar-refractivity contribution in [2.45, 2.75) is 70.6 Å². The van der Waals surface area contributed by atoms with Crippen LogP contribution in [0.2, 0.25) is 0 Å². The van der Waals surface area contributed by atoms with Crippen LogP contribution >= 0.6 is 0 Å². The number of hydrogen-bond donors (Lipinski definition) is 1. The molecule has 0 aromatic rings. The Morgan fingerprint density at radius 1 is 1.38 bits per heavy atom. The maximum Gasteiger partial charge on any atom is 0.0816 e. The van der Waals surface area contributed by atoms with E-state index in [2.05, 4.69) is 27.7 Å². The van der Waals surface area contributed by atoms with Crippen LogP contribution in [0.3, 0.4) is 0 Å². The van der Waals surface area contributed by atoms with Gasteiger partial charge in [0.25, 0.3) is 0 Å². The Kier molecular flexibility index (Phi) is 4.77. The van der Waals surface area contributed by atoms with Crippen LogP contribution in [0.25, 0.3) is 0 Å². The van der Waals surface area contributed by atoms with Crippen LogP contribution in [0, 0.1) is 0 Å². The molecule has 1 fully saturated rings. The van der Waals surface area contributed by atoms with Gasteiger partial charge in [-0.1, -0.05) is 13.8 Å². The Morgan fingerprint density at radius 3 is 2.44 bits per heavy atom. The van der Waals surface area contributed by atoms with Gasteiger partial charge in [-0.3, -0.25) is 0 Å². The first-order valence-corrected chi connectivity index (χ1v) is 6.45. The van der Waals surface area contributed by atoms with E-state index >= 15 is 0 Å². The molecule has 0 saturated carbocycles. The lowest BCUT2D eigenvalue weighted by Crippen LogP contribution is -2.43. The predicted molar refractivity (Wildman–Crippen MR) is 66.5 cm³/mol. The molecule has 1 atom stereocenters. The summed E-state index contributed by atoms with van der Waals surface area (Å²) in [6, 6.07) is 0. The Bertz CT molecular complexity index is 212. The van der Waals surface area contributed by atoms with E-state index in [4.69, 9.17) is 15.2 Å². The highest BCUT2D eigenvalue weighted by molar-refractivity contribution is 4.83. The molecule has 3 heteroatoms. The molecule has 0 aromatic carbocycles. The van der Waals surface area contributed by atoms with Gasteiger partial charge >= 0.3 is 0 Å². The van der Waals surface area contributed by atoms with Crippen molar-refractivity contribution in [2.75, 3.05) is 13.2 Å². The van der Waals surface area contributed by atoms with Gasteiger partial charge in [-0.15, -0.1) is 0 Å². The fraction of sp³-hybridized carbons (Fsp3) is 1.00. The lowest BCUT2D eigenvalue weighted by molar-refractivity contribution is -0.0598. The van der Waals surface area contributed by atoms with E-state index in [1.54, 1.807) is 0 Å². The summed E-state index contributed by atoms with van der Waals surface area (Å²) in [4.78, 5) is 0. The van der Waals surface area contributed by atoms with Crippen LogP contribution < -0.4 is 5.73 Å². The molecule has 96 valence electrons. The number of nitrogens with two attached hydrogens (primary N) is 1. The third-order valence-electron chi connectivity index (χ3n) is 3.66. The third kappa shape index (κ3) is 4.04. The highest BCUT2D eigenvalue weighted by Gasteiger charge is 2.32. The van der Waals surface area contributed by atoms with Crippen molar-refractivity contribution in [3.05, 3.63) is 0 Å². The lowest BCUT2D eigenvalue weighted by Gasteiger charge is -2.27. The van der Waals surface area contributed by atoms with Gasteiger partial charge < -0.3 is 15.2 Å². The van der Waals surface area contributed by atoms with Crippen molar-refractivity contribution in [3.8, 4) is 0 Å². The summed E-state index contributed by atoms with van der Waals surface area (Å²) >= 11 is 0. The minimum Gasteiger partial charge on any atom is -0.377 e. The summed E-state index contributed by atoms with van der Waals surface area (Å²) in [6.07, 6.45) is 4.40. The molecule has 1 saturated heterocycles. The van der Waals surface area contributed by atoms with E-state index in [1.165, 1.54) is 0 Å². The molecule has 0 radical (unpaired) electrons. The first kappa shape index (κ1) is 13.9. The third-order valence-corrected chi connectivity index (χ3v) is 3.66. The van der Waals surface area contributed by atoms with E-state index in [1.807, 2.05) is 0 Å². The fourth-order valence-electron chi connectivity index (χ4n) is 2.04. The first-order chi connectivity index (χ1) is 7.41. The van der Waals surface area contributed by atoms with Crippen LogP contribution in [0.5, 0.6) is 0 Å². The number of rotatable bonds is 6. The van der Waals surface area contributed by atoms with Gasteiger partial charge in [0, 0.05) is 5.54 Å².